The average Bonchev–Trinajstić information content (AvgIpc) is 2.23. The summed E-state index contributed by atoms with van der Waals surface area (Å²) >= 11 is 0. The molecule has 0 heterocycles. The summed E-state index contributed by atoms with van der Waals surface area (Å²) in [5, 5.41) is 8.04. The van der Waals surface area contributed by atoms with Crippen LogP contribution in [-0.2, 0) is 14.3 Å². The van der Waals surface area contributed by atoms with Gasteiger partial charge in [-0.15, -0.1) is 0 Å². The molecule has 0 aliphatic heterocycles. The second kappa shape index (κ2) is 12.9. The first-order valence-corrected chi connectivity index (χ1v) is 5.37. The number of hydrogen-bond acceptors (Lipinski definition) is 3. The lowest BCUT2D eigenvalue weighted by Gasteiger charge is -1.93. The monoisotopic (exact) mass is 218 g/mol. The second-order valence-corrected chi connectivity index (χ2v) is 3.18. The van der Waals surface area contributed by atoms with E-state index in [1.165, 1.54) is 7.11 Å². The summed E-state index contributed by atoms with van der Waals surface area (Å²) in [6.07, 6.45) is 4.63. The number of rotatable bonds is 6. The summed E-state index contributed by atoms with van der Waals surface area (Å²) in [6, 6.07) is 0. The minimum atomic E-state index is -0.693. The SMILES string of the molecule is CCCCC(=O)O.CCCCC(=O)OC. The van der Waals surface area contributed by atoms with E-state index in [1.807, 2.05) is 13.8 Å². The van der Waals surface area contributed by atoms with Crippen LogP contribution in [0, 0.1) is 0 Å². The first-order valence-electron chi connectivity index (χ1n) is 5.37. The van der Waals surface area contributed by atoms with Gasteiger partial charge in [0.15, 0.2) is 0 Å². The zero-order valence-corrected chi connectivity index (χ0v) is 9.91. The number of carbonyl (C=O) groups excluding carboxylic acids is 1. The molecule has 15 heavy (non-hydrogen) atoms. The van der Waals surface area contributed by atoms with E-state index < -0.39 is 5.97 Å². The lowest BCUT2D eigenvalue weighted by molar-refractivity contribution is -0.140. The maximum Gasteiger partial charge on any atom is 0.305 e. The lowest BCUT2D eigenvalue weighted by atomic mass is 10.3. The smallest absolute Gasteiger partial charge is 0.305 e. The number of methoxy groups -OCH3 is 1. The third-order valence-corrected chi connectivity index (χ3v) is 1.71. The van der Waals surface area contributed by atoms with Crippen molar-refractivity contribution in [1.82, 2.24) is 0 Å². The highest BCUT2D eigenvalue weighted by Crippen LogP contribution is 1.94. The summed E-state index contributed by atoms with van der Waals surface area (Å²) in [5.74, 6) is -0.797. The molecule has 0 spiro atoms. The summed E-state index contributed by atoms with van der Waals surface area (Å²) in [6.45, 7) is 4.02. The molecule has 0 aromatic heterocycles. The van der Waals surface area contributed by atoms with Crippen molar-refractivity contribution < 1.29 is 19.4 Å². The molecule has 0 rings (SSSR count). The summed E-state index contributed by atoms with van der Waals surface area (Å²) in [7, 11) is 1.41. The molecule has 4 heteroatoms. The Hall–Kier alpha value is -1.06. The quantitative estimate of drug-likeness (QED) is 0.696. The van der Waals surface area contributed by atoms with Gasteiger partial charge in [-0.3, -0.25) is 9.59 Å². The molecule has 90 valence electrons. The van der Waals surface area contributed by atoms with Crippen molar-refractivity contribution in [3.63, 3.8) is 0 Å². The third kappa shape index (κ3) is 19.4. The molecule has 0 unspecified atom stereocenters. The van der Waals surface area contributed by atoms with Gasteiger partial charge < -0.3 is 9.84 Å². The zero-order chi connectivity index (χ0) is 12.1. The minimum absolute atomic E-state index is 0.105. The number of aliphatic carboxylic acids is 1. The zero-order valence-electron chi connectivity index (χ0n) is 9.91. The normalized spacial score (nSPS) is 8.73. The van der Waals surface area contributed by atoms with Crippen LogP contribution in [0.5, 0.6) is 0 Å². The van der Waals surface area contributed by atoms with Crippen LogP contribution < -0.4 is 0 Å². The first kappa shape index (κ1) is 16.4. The number of carboxylic acid groups (broad SMARTS) is 1. The largest absolute Gasteiger partial charge is 0.481 e. The molecule has 0 fully saturated rings. The Morgan fingerprint density at radius 3 is 1.80 bits per heavy atom. The van der Waals surface area contributed by atoms with Gasteiger partial charge in [-0.1, -0.05) is 26.7 Å². The second-order valence-electron chi connectivity index (χ2n) is 3.18. The van der Waals surface area contributed by atoms with Crippen LogP contribution in [0.1, 0.15) is 52.4 Å². The summed E-state index contributed by atoms with van der Waals surface area (Å²) < 4.78 is 4.41. The van der Waals surface area contributed by atoms with Crippen LogP contribution in [0.15, 0.2) is 0 Å². The fourth-order valence-electron chi connectivity index (χ4n) is 0.751. The molecule has 0 amide bonds. The molecule has 0 bridgehead atoms. The van der Waals surface area contributed by atoms with Crippen LogP contribution in [0.2, 0.25) is 0 Å². The van der Waals surface area contributed by atoms with Crippen LogP contribution in [-0.4, -0.2) is 24.2 Å². The topological polar surface area (TPSA) is 63.6 Å². The maximum atomic E-state index is 10.3. The van der Waals surface area contributed by atoms with E-state index in [-0.39, 0.29) is 5.97 Å². The number of carboxylic acids is 1. The molecule has 0 aromatic carbocycles. The fourth-order valence-corrected chi connectivity index (χ4v) is 0.751. The number of ether oxygens (including phenoxy) is 1. The first-order chi connectivity index (χ1) is 7.08. The highest BCUT2D eigenvalue weighted by atomic mass is 16.5. The summed E-state index contributed by atoms with van der Waals surface area (Å²) in [4.78, 5) is 20.1. The molecule has 0 saturated carbocycles. The predicted octanol–water partition coefficient (Wildman–Crippen LogP) is 2.61. The van der Waals surface area contributed by atoms with Gasteiger partial charge in [0, 0.05) is 12.8 Å². The number of esters is 1. The molecule has 0 saturated heterocycles. The highest BCUT2D eigenvalue weighted by Gasteiger charge is 1.95. The van der Waals surface area contributed by atoms with Gasteiger partial charge in [0.1, 0.15) is 0 Å². The van der Waals surface area contributed by atoms with Crippen molar-refractivity contribution in [3.05, 3.63) is 0 Å². The minimum Gasteiger partial charge on any atom is -0.481 e. The molecule has 4 nitrogen and oxygen atoms in total. The van der Waals surface area contributed by atoms with Crippen LogP contribution in [0.25, 0.3) is 0 Å². The Morgan fingerprint density at radius 2 is 1.53 bits per heavy atom. The Balaban J connectivity index is 0. The van der Waals surface area contributed by atoms with E-state index in [1.54, 1.807) is 0 Å². The van der Waals surface area contributed by atoms with Crippen molar-refractivity contribution in [1.29, 1.82) is 0 Å². The van der Waals surface area contributed by atoms with Crippen molar-refractivity contribution >= 4 is 11.9 Å². The van der Waals surface area contributed by atoms with Crippen molar-refractivity contribution in [3.8, 4) is 0 Å². The molecule has 0 radical (unpaired) electrons. The van der Waals surface area contributed by atoms with Gasteiger partial charge in [-0.2, -0.15) is 0 Å². The average molecular weight is 218 g/mol. The molecular weight excluding hydrogens is 196 g/mol. The Bertz CT molecular complexity index is 166. The highest BCUT2D eigenvalue weighted by molar-refractivity contribution is 5.68. The van der Waals surface area contributed by atoms with Gasteiger partial charge in [0.2, 0.25) is 0 Å². The van der Waals surface area contributed by atoms with Gasteiger partial charge in [0.05, 0.1) is 7.11 Å². The van der Waals surface area contributed by atoms with Crippen molar-refractivity contribution in [2.24, 2.45) is 0 Å². The van der Waals surface area contributed by atoms with Crippen molar-refractivity contribution in [2.45, 2.75) is 52.4 Å². The predicted molar refractivity (Wildman–Crippen MR) is 58.7 cm³/mol. The van der Waals surface area contributed by atoms with E-state index in [9.17, 15) is 9.59 Å². The standard InChI is InChI=1S/C6H12O2.C5H10O2/c1-3-4-5-6(7)8-2;1-2-3-4-5(6)7/h3-5H2,1-2H3;2-4H2,1H3,(H,6,7). The molecule has 0 aliphatic carbocycles. The molecule has 0 aromatic rings. The van der Waals surface area contributed by atoms with E-state index in [0.717, 1.165) is 25.7 Å². The van der Waals surface area contributed by atoms with E-state index in [2.05, 4.69) is 4.74 Å². The molecule has 1 N–H and O–H groups in total. The van der Waals surface area contributed by atoms with Crippen LogP contribution in [0.4, 0.5) is 0 Å². The van der Waals surface area contributed by atoms with E-state index in [4.69, 9.17) is 5.11 Å². The lowest BCUT2D eigenvalue weighted by Crippen LogP contribution is -1.98. The van der Waals surface area contributed by atoms with Crippen LogP contribution >= 0.6 is 0 Å². The van der Waals surface area contributed by atoms with Gasteiger partial charge in [-0.25, -0.2) is 0 Å². The van der Waals surface area contributed by atoms with E-state index in [0.29, 0.717) is 12.8 Å². The fraction of sp³-hybridized carbons (Fsp3) is 0.818. The van der Waals surface area contributed by atoms with Crippen LogP contribution in [0.3, 0.4) is 0 Å². The molecule has 0 aliphatic rings. The van der Waals surface area contributed by atoms with E-state index >= 15 is 0 Å². The Morgan fingerprint density at radius 1 is 1.07 bits per heavy atom. The Kier molecular flexibility index (Phi) is 14.1. The van der Waals surface area contributed by atoms with Crippen molar-refractivity contribution in [2.75, 3.05) is 7.11 Å². The Labute approximate surface area is 91.6 Å². The third-order valence-electron chi connectivity index (χ3n) is 1.71. The maximum absolute atomic E-state index is 10.3. The number of unbranched alkanes of at least 4 members (excludes halogenated alkanes) is 2. The molecular formula is C11H22O4. The van der Waals surface area contributed by atoms with Gasteiger partial charge in [0.25, 0.3) is 0 Å². The molecule has 0 atom stereocenters. The number of hydrogen-bond donors (Lipinski definition) is 1. The van der Waals surface area contributed by atoms with Gasteiger partial charge in [-0.05, 0) is 12.8 Å². The number of carbonyl (C=O) groups is 2. The van der Waals surface area contributed by atoms with Gasteiger partial charge >= 0.3 is 11.9 Å². The summed E-state index contributed by atoms with van der Waals surface area (Å²) in [5.41, 5.74) is 0.